The third kappa shape index (κ3) is 4.13. The van der Waals surface area contributed by atoms with Gasteiger partial charge in [-0.25, -0.2) is 4.98 Å². The van der Waals surface area contributed by atoms with E-state index in [1.165, 1.54) is 21.6 Å². The van der Waals surface area contributed by atoms with Crippen molar-refractivity contribution in [3.05, 3.63) is 64.3 Å². The topological polar surface area (TPSA) is 41.5 Å². The van der Waals surface area contributed by atoms with E-state index in [1.807, 2.05) is 12.1 Å². The molecule has 1 aliphatic heterocycles. The predicted octanol–water partition coefficient (Wildman–Crippen LogP) is 6.22. The number of ether oxygens (including phenoxy) is 1. The zero-order chi connectivity index (χ0) is 22.9. The first kappa shape index (κ1) is 22.0. The zero-order valence-electron chi connectivity index (χ0n) is 19.1. The Morgan fingerprint density at radius 1 is 0.970 bits per heavy atom. The predicted molar refractivity (Wildman–Crippen MR) is 139 cm³/mol. The van der Waals surface area contributed by atoms with Gasteiger partial charge in [-0.3, -0.25) is 0 Å². The molecule has 0 amide bonds. The van der Waals surface area contributed by atoms with Gasteiger partial charge in [0.15, 0.2) is 0 Å². The molecule has 0 spiro atoms. The average molecular weight is 479 g/mol. The van der Waals surface area contributed by atoms with Crippen LogP contribution in [0.1, 0.15) is 17.4 Å². The molecule has 0 atom stereocenters. The van der Waals surface area contributed by atoms with Gasteiger partial charge >= 0.3 is 0 Å². The second-order valence-corrected chi connectivity index (χ2v) is 9.68. The quantitative estimate of drug-likeness (QED) is 0.318. The minimum absolute atomic E-state index is 0.309. The minimum atomic E-state index is 0.309. The fourth-order valence-electron chi connectivity index (χ4n) is 4.56. The van der Waals surface area contributed by atoms with Crippen molar-refractivity contribution >= 4 is 44.7 Å². The number of piperazine rings is 1. The number of aromatic nitrogens is 2. The summed E-state index contributed by atoms with van der Waals surface area (Å²) in [5.74, 6) is 1.85. The lowest BCUT2D eigenvalue weighted by Crippen LogP contribution is -2.47. The van der Waals surface area contributed by atoms with Crippen LogP contribution in [0, 0.1) is 6.92 Å². The van der Waals surface area contributed by atoms with E-state index in [0.717, 1.165) is 60.1 Å². The van der Waals surface area contributed by atoms with Crippen molar-refractivity contribution in [2.24, 2.45) is 0 Å². The molecule has 0 radical (unpaired) electrons. The van der Waals surface area contributed by atoms with Crippen LogP contribution in [0.5, 0.6) is 5.75 Å². The van der Waals surface area contributed by atoms with Crippen molar-refractivity contribution in [1.82, 2.24) is 9.97 Å². The largest absolute Gasteiger partial charge is 0.495 e. The number of halogens is 1. The molecule has 4 aromatic rings. The summed E-state index contributed by atoms with van der Waals surface area (Å²) in [5, 5.41) is 1.43. The van der Waals surface area contributed by atoms with Crippen molar-refractivity contribution in [3.63, 3.8) is 0 Å². The molecule has 1 saturated heterocycles. The molecular formula is C26H27ClN4OS. The summed E-state index contributed by atoms with van der Waals surface area (Å²) >= 11 is 8.14. The van der Waals surface area contributed by atoms with E-state index in [2.05, 4.69) is 65.0 Å². The second kappa shape index (κ2) is 9.20. The first-order valence-corrected chi connectivity index (χ1v) is 12.5. The molecule has 170 valence electrons. The van der Waals surface area contributed by atoms with Crippen LogP contribution in [0.15, 0.2) is 48.5 Å². The summed E-state index contributed by atoms with van der Waals surface area (Å²) in [6.45, 7) is 7.79. The number of methoxy groups -OCH3 is 1. The highest BCUT2D eigenvalue weighted by Gasteiger charge is 2.26. The molecule has 0 unspecified atom stereocenters. The van der Waals surface area contributed by atoms with Crippen LogP contribution in [0.4, 0.5) is 11.5 Å². The Bertz CT molecular complexity index is 1280. The molecule has 3 heterocycles. The van der Waals surface area contributed by atoms with E-state index >= 15 is 0 Å². The smallest absolute Gasteiger partial charge is 0.225 e. The van der Waals surface area contributed by atoms with Crippen LogP contribution in [0.2, 0.25) is 5.28 Å². The van der Waals surface area contributed by atoms with Gasteiger partial charge in [-0.05, 0) is 42.6 Å². The first-order valence-electron chi connectivity index (χ1n) is 11.3. The molecule has 0 bridgehead atoms. The van der Waals surface area contributed by atoms with E-state index in [4.69, 9.17) is 21.3 Å². The number of rotatable bonds is 5. The lowest BCUT2D eigenvalue weighted by molar-refractivity contribution is 0.413. The maximum atomic E-state index is 6.41. The van der Waals surface area contributed by atoms with E-state index < -0.39 is 0 Å². The monoisotopic (exact) mass is 478 g/mol. The number of aryl methyl sites for hydroxylation is 2. The molecule has 1 fully saturated rings. The van der Waals surface area contributed by atoms with Crippen LogP contribution in [0.25, 0.3) is 21.3 Å². The number of para-hydroxylation sites is 2. The third-order valence-electron chi connectivity index (χ3n) is 6.24. The van der Waals surface area contributed by atoms with Crippen molar-refractivity contribution in [2.45, 2.75) is 20.3 Å². The third-order valence-corrected chi connectivity index (χ3v) is 7.64. The normalized spacial score (nSPS) is 14.2. The standard InChI is InChI=1S/C26H27ClN4OS/c1-4-21-22(18-11-9-17(2)10-12-18)23-24(28-26(27)29-25(23)33-21)31-15-13-30(14-16-31)19-7-5-6-8-20(19)32-3/h5-12H,4,13-16H2,1-3H3. The summed E-state index contributed by atoms with van der Waals surface area (Å²) in [6.07, 6.45) is 0.947. The molecule has 1 aliphatic rings. The summed E-state index contributed by atoms with van der Waals surface area (Å²) < 4.78 is 5.58. The molecule has 0 saturated carbocycles. The summed E-state index contributed by atoms with van der Waals surface area (Å²) in [5.41, 5.74) is 4.85. The van der Waals surface area contributed by atoms with Crippen molar-refractivity contribution in [2.75, 3.05) is 43.1 Å². The summed E-state index contributed by atoms with van der Waals surface area (Å²) in [7, 11) is 1.73. The molecule has 33 heavy (non-hydrogen) atoms. The first-order chi connectivity index (χ1) is 16.1. The Morgan fingerprint density at radius 2 is 1.67 bits per heavy atom. The number of benzene rings is 2. The van der Waals surface area contributed by atoms with Gasteiger partial charge < -0.3 is 14.5 Å². The van der Waals surface area contributed by atoms with Crippen molar-refractivity contribution in [1.29, 1.82) is 0 Å². The number of thiophene rings is 1. The molecule has 0 N–H and O–H groups in total. The molecule has 7 heteroatoms. The van der Waals surface area contributed by atoms with E-state index in [1.54, 1.807) is 18.4 Å². The maximum absolute atomic E-state index is 6.41. The second-order valence-electron chi connectivity index (χ2n) is 8.26. The van der Waals surface area contributed by atoms with Crippen LogP contribution >= 0.6 is 22.9 Å². The van der Waals surface area contributed by atoms with Gasteiger partial charge in [0.25, 0.3) is 0 Å². The van der Waals surface area contributed by atoms with E-state index in [9.17, 15) is 0 Å². The van der Waals surface area contributed by atoms with Gasteiger partial charge in [-0.15, -0.1) is 11.3 Å². The minimum Gasteiger partial charge on any atom is -0.495 e. The molecule has 2 aromatic heterocycles. The Kier molecular flexibility index (Phi) is 6.13. The Morgan fingerprint density at radius 3 is 2.36 bits per heavy atom. The van der Waals surface area contributed by atoms with Crippen molar-refractivity contribution in [3.8, 4) is 16.9 Å². The highest BCUT2D eigenvalue weighted by molar-refractivity contribution is 7.19. The van der Waals surface area contributed by atoms with E-state index in [-0.39, 0.29) is 0 Å². The zero-order valence-corrected chi connectivity index (χ0v) is 20.7. The molecule has 0 aliphatic carbocycles. The van der Waals surface area contributed by atoms with Gasteiger partial charge in [0, 0.05) is 36.6 Å². The Labute approximate surface area is 203 Å². The molecule has 5 rings (SSSR count). The average Bonchev–Trinajstić information content (AvgIpc) is 3.22. The van der Waals surface area contributed by atoms with Gasteiger partial charge in [-0.1, -0.05) is 48.9 Å². The van der Waals surface area contributed by atoms with Gasteiger partial charge in [0.2, 0.25) is 5.28 Å². The molecule has 5 nitrogen and oxygen atoms in total. The Hall–Kier alpha value is -2.83. The number of nitrogens with zero attached hydrogens (tertiary/aromatic N) is 4. The van der Waals surface area contributed by atoms with Crippen LogP contribution < -0.4 is 14.5 Å². The SMILES string of the molecule is CCc1sc2nc(Cl)nc(N3CCN(c4ccccc4OC)CC3)c2c1-c1ccc(C)cc1. The highest BCUT2D eigenvalue weighted by Crippen LogP contribution is 2.43. The lowest BCUT2D eigenvalue weighted by Gasteiger charge is -2.37. The number of hydrogen-bond donors (Lipinski definition) is 0. The maximum Gasteiger partial charge on any atom is 0.225 e. The lowest BCUT2D eigenvalue weighted by atomic mass is 10.0. The number of hydrogen-bond acceptors (Lipinski definition) is 6. The Balaban J connectivity index is 1.53. The summed E-state index contributed by atoms with van der Waals surface area (Å²) in [6, 6.07) is 16.9. The fraction of sp³-hybridized carbons (Fsp3) is 0.308. The number of fused-ring (bicyclic) bond motifs is 1. The van der Waals surface area contributed by atoms with Crippen LogP contribution in [0.3, 0.4) is 0 Å². The van der Waals surface area contributed by atoms with Crippen LogP contribution in [-0.4, -0.2) is 43.3 Å². The van der Waals surface area contributed by atoms with E-state index in [0.29, 0.717) is 5.28 Å². The highest BCUT2D eigenvalue weighted by atomic mass is 35.5. The van der Waals surface area contributed by atoms with Gasteiger partial charge in [0.1, 0.15) is 16.4 Å². The molecular weight excluding hydrogens is 452 g/mol. The van der Waals surface area contributed by atoms with Gasteiger partial charge in [-0.2, -0.15) is 4.98 Å². The molecule has 2 aromatic carbocycles. The number of anilines is 2. The summed E-state index contributed by atoms with van der Waals surface area (Å²) in [4.78, 5) is 16.4. The van der Waals surface area contributed by atoms with Crippen molar-refractivity contribution < 1.29 is 4.74 Å². The fourth-order valence-corrected chi connectivity index (χ4v) is 5.90. The van der Waals surface area contributed by atoms with Crippen LogP contribution in [-0.2, 0) is 6.42 Å². The van der Waals surface area contributed by atoms with Gasteiger partial charge in [0.05, 0.1) is 18.2 Å².